The lowest BCUT2D eigenvalue weighted by atomic mass is 9.87. The Labute approximate surface area is 183 Å². The lowest BCUT2D eigenvalue weighted by molar-refractivity contribution is 0.0932. The topological polar surface area (TPSA) is 75.3 Å². The molecular weight excluding hydrogens is 408 g/mol. The van der Waals surface area contributed by atoms with E-state index in [0.29, 0.717) is 16.8 Å². The van der Waals surface area contributed by atoms with Crippen LogP contribution in [-0.2, 0) is 16.4 Å². The number of rotatable bonds is 5. The number of sulfonamides is 1. The Morgan fingerprint density at radius 1 is 0.935 bits per heavy atom. The molecule has 0 spiro atoms. The van der Waals surface area contributed by atoms with E-state index in [9.17, 15) is 13.2 Å². The van der Waals surface area contributed by atoms with Crippen LogP contribution in [0.2, 0.25) is 0 Å². The van der Waals surface area contributed by atoms with E-state index in [1.807, 2.05) is 19.1 Å². The first kappa shape index (κ1) is 21.1. The summed E-state index contributed by atoms with van der Waals surface area (Å²) in [5, 5.41) is 3.14. The van der Waals surface area contributed by atoms with Crippen molar-refractivity contribution in [1.29, 1.82) is 0 Å². The fourth-order valence-corrected chi connectivity index (χ4v) is 5.18. The Balaban J connectivity index is 1.56. The molecule has 2 N–H and O–H groups in total. The molecule has 31 heavy (non-hydrogen) atoms. The number of carbonyl (C=O) groups excluding carboxylic acids is 1. The number of carbonyl (C=O) groups is 1. The smallest absolute Gasteiger partial charge is 0.261 e. The monoisotopic (exact) mass is 434 g/mol. The van der Waals surface area contributed by atoms with Crippen molar-refractivity contribution in [3.63, 3.8) is 0 Å². The van der Waals surface area contributed by atoms with Crippen molar-refractivity contribution >= 4 is 21.6 Å². The van der Waals surface area contributed by atoms with E-state index in [4.69, 9.17) is 0 Å². The SMILES string of the molecule is Cc1ccc(S(=O)(=O)Nc2cccc(C(=O)N[C@H]3CCCc4ccccc43)c2C)cc1. The lowest BCUT2D eigenvalue weighted by Gasteiger charge is -2.26. The molecule has 4 rings (SSSR count). The van der Waals surface area contributed by atoms with E-state index < -0.39 is 10.0 Å². The molecule has 1 aliphatic carbocycles. The highest BCUT2D eigenvalue weighted by atomic mass is 32.2. The summed E-state index contributed by atoms with van der Waals surface area (Å²) in [5.41, 5.74) is 4.88. The van der Waals surface area contributed by atoms with Gasteiger partial charge in [-0.25, -0.2) is 8.42 Å². The molecule has 160 valence electrons. The van der Waals surface area contributed by atoms with Crippen LogP contribution in [0.15, 0.2) is 71.6 Å². The zero-order chi connectivity index (χ0) is 22.0. The van der Waals surface area contributed by atoms with Crippen LogP contribution in [0.5, 0.6) is 0 Å². The number of amides is 1. The maximum absolute atomic E-state index is 13.1. The van der Waals surface area contributed by atoms with Gasteiger partial charge in [-0.1, -0.05) is 48.0 Å². The molecule has 0 unspecified atom stereocenters. The quantitative estimate of drug-likeness (QED) is 0.599. The number of anilines is 1. The minimum absolute atomic E-state index is 0.0373. The van der Waals surface area contributed by atoms with Gasteiger partial charge >= 0.3 is 0 Å². The van der Waals surface area contributed by atoms with Crippen molar-refractivity contribution in [3.05, 3.63) is 94.5 Å². The van der Waals surface area contributed by atoms with Gasteiger partial charge in [0.25, 0.3) is 15.9 Å². The van der Waals surface area contributed by atoms with Crippen molar-refractivity contribution in [2.24, 2.45) is 0 Å². The third-order valence-electron chi connectivity index (χ3n) is 5.83. The van der Waals surface area contributed by atoms with Gasteiger partial charge in [-0.15, -0.1) is 0 Å². The second-order valence-corrected chi connectivity index (χ2v) is 9.70. The largest absolute Gasteiger partial charge is 0.345 e. The number of fused-ring (bicyclic) bond motifs is 1. The average Bonchev–Trinajstić information content (AvgIpc) is 2.75. The van der Waals surface area contributed by atoms with Crippen LogP contribution < -0.4 is 10.0 Å². The van der Waals surface area contributed by atoms with Gasteiger partial charge in [-0.2, -0.15) is 0 Å². The molecule has 0 saturated carbocycles. The van der Waals surface area contributed by atoms with Crippen LogP contribution in [0.4, 0.5) is 5.69 Å². The van der Waals surface area contributed by atoms with Crippen LogP contribution in [0.3, 0.4) is 0 Å². The highest BCUT2D eigenvalue weighted by Crippen LogP contribution is 2.30. The number of aryl methyl sites for hydroxylation is 2. The van der Waals surface area contributed by atoms with Gasteiger partial charge in [0.2, 0.25) is 0 Å². The Morgan fingerprint density at radius 2 is 1.68 bits per heavy atom. The number of nitrogens with one attached hydrogen (secondary N) is 2. The van der Waals surface area contributed by atoms with Gasteiger partial charge in [-0.3, -0.25) is 9.52 Å². The van der Waals surface area contributed by atoms with E-state index in [0.717, 1.165) is 30.4 Å². The summed E-state index contributed by atoms with van der Waals surface area (Å²) in [6.07, 6.45) is 2.94. The summed E-state index contributed by atoms with van der Waals surface area (Å²) in [5.74, 6) is -0.199. The number of hydrogen-bond acceptors (Lipinski definition) is 3. The molecule has 3 aromatic rings. The molecule has 0 radical (unpaired) electrons. The lowest BCUT2D eigenvalue weighted by Crippen LogP contribution is -2.31. The molecule has 1 atom stereocenters. The third-order valence-corrected chi connectivity index (χ3v) is 7.21. The van der Waals surface area contributed by atoms with Crippen LogP contribution >= 0.6 is 0 Å². The van der Waals surface area contributed by atoms with Gasteiger partial charge in [0.1, 0.15) is 0 Å². The highest BCUT2D eigenvalue weighted by molar-refractivity contribution is 7.92. The van der Waals surface area contributed by atoms with Gasteiger partial charge in [0.15, 0.2) is 0 Å². The predicted octanol–water partition coefficient (Wildman–Crippen LogP) is 4.91. The normalized spacial score (nSPS) is 15.7. The molecule has 0 fully saturated rings. The molecular formula is C25H26N2O3S. The summed E-state index contributed by atoms with van der Waals surface area (Å²) in [7, 11) is -3.74. The fraction of sp³-hybridized carbons (Fsp3) is 0.240. The minimum atomic E-state index is -3.74. The van der Waals surface area contributed by atoms with E-state index in [2.05, 4.69) is 22.2 Å². The van der Waals surface area contributed by atoms with Gasteiger partial charge in [0.05, 0.1) is 16.6 Å². The molecule has 0 saturated heterocycles. The first-order valence-electron chi connectivity index (χ1n) is 10.4. The predicted molar refractivity (Wildman–Crippen MR) is 123 cm³/mol. The maximum Gasteiger partial charge on any atom is 0.261 e. The first-order valence-corrected chi connectivity index (χ1v) is 11.9. The summed E-state index contributed by atoms with van der Waals surface area (Å²) in [6.45, 7) is 3.66. The number of hydrogen-bond donors (Lipinski definition) is 2. The molecule has 0 aromatic heterocycles. The molecule has 0 heterocycles. The van der Waals surface area contributed by atoms with Crippen molar-refractivity contribution in [2.75, 3.05) is 4.72 Å². The Kier molecular flexibility index (Phi) is 5.83. The van der Waals surface area contributed by atoms with Crippen molar-refractivity contribution in [3.8, 4) is 0 Å². The molecule has 1 aliphatic rings. The first-order chi connectivity index (χ1) is 14.8. The standard InChI is InChI=1S/C25H26N2O3S/c1-17-13-15-20(16-14-17)31(29,30)27-23-11-6-10-21(18(23)2)25(28)26-24-12-5-8-19-7-3-4-9-22(19)24/h3-4,6-7,9-11,13-16,24,27H,5,8,12H2,1-2H3,(H,26,28)/t24-/m0/s1. The molecule has 0 aliphatic heterocycles. The molecule has 3 aromatic carbocycles. The number of benzene rings is 3. The van der Waals surface area contributed by atoms with Crippen molar-refractivity contribution in [2.45, 2.75) is 44.0 Å². The van der Waals surface area contributed by atoms with E-state index in [-0.39, 0.29) is 16.8 Å². The maximum atomic E-state index is 13.1. The average molecular weight is 435 g/mol. The van der Waals surface area contributed by atoms with Gasteiger partial charge in [-0.05, 0) is 74.1 Å². The Bertz CT molecular complexity index is 1220. The second kappa shape index (κ2) is 8.55. The molecule has 0 bridgehead atoms. The van der Waals surface area contributed by atoms with Crippen molar-refractivity contribution in [1.82, 2.24) is 5.32 Å². The summed E-state index contributed by atoms with van der Waals surface area (Å²) in [6, 6.07) is 19.9. The third kappa shape index (κ3) is 4.49. The zero-order valence-electron chi connectivity index (χ0n) is 17.7. The van der Waals surface area contributed by atoms with E-state index in [1.165, 1.54) is 5.56 Å². The van der Waals surface area contributed by atoms with E-state index >= 15 is 0 Å². The minimum Gasteiger partial charge on any atom is -0.345 e. The molecule has 1 amide bonds. The Hall–Kier alpha value is -3.12. The molecule has 6 heteroatoms. The summed E-state index contributed by atoms with van der Waals surface area (Å²) in [4.78, 5) is 13.3. The summed E-state index contributed by atoms with van der Waals surface area (Å²) < 4.78 is 28.2. The van der Waals surface area contributed by atoms with Crippen LogP contribution in [0, 0.1) is 13.8 Å². The second-order valence-electron chi connectivity index (χ2n) is 8.01. The molecule has 5 nitrogen and oxygen atoms in total. The van der Waals surface area contributed by atoms with Crippen LogP contribution in [0.1, 0.15) is 51.5 Å². The van der Waals surface area contributed by atoms with Crippen molar-refractivity contribution < 1.29 is 13.2 Å². The Morgan fingerprint density at radius 3 is 2.45 bits per heavy atom. The van der Waals surface area contributed by atoms with Gasteiger partial charge in [0, 0.05) is 5.56 Å². The van der Waals surface area contributed by atoms with E-state index in [1.54, 1.807) is 49.4 Å². The van der Waals surface area contributed by atoms with Crippen LogP contribution in [0.25, 0.3) is 0 Å². The van der Waals surface area contributed by atoms with Gasteiger partial charge < -0.3 is 5.32 Å². The van der Waals surface area contributed by atoms with Crippen LogP contribution in [-0.4, -0.2) is 14.3 Å². The zero-order valence-corrected chi connectivity index (χ0v) is 18.5. The summed E-state index contributed by atoms with van der Waals surface area (Å²) >= 11 is 0. The highest BCUT2D eigenvalue weighted by Gasteiger charge is 2.23. The fourth-order valence-electron chi connectivity index (χ4n) is 4.05.